The van der Waals surface area contributed by atoms with Crippen LogP contribution in [0.2, 0.25) is 0 Å². The van der Waals surface area contributed by atoms with Crippen molar-refractivity contribution in [3.8, 4) is 0 Å². The molecule has 2 rings (SSSR count). The van der Waals surface area contributed by atoms with Gasteiger partial charge in [-0.1, -0.05) is 36.4 Å². The molecule has 0 aliphatic heterocycles. The van der Waals surface area contributed by atoms with Crippen LogP contribution >= 0.6 is 0 Å². The van der Waals surface area contributed by atoms with Gasteiger partial charge in [-0.15, -0.1) is 0 Å². The molecule has 0 unspecified atom stereocenters. The van der Waals surface area contributed by atoms with E-state index in [0.29, 0.717) is 5.76 Å². The van der Waals surface area contributed by atoms with E-state index in [4.69, 9.17) is 4.84 Å². The zero-order valence-corrected chi connectivity index (χ0v) is 16.1. The smallest absolute Gasteiger partial charge is 0.421 e. The Morgan fingerprint density at radius 3 is 1.60 bits per heavy atom. The molecule has 166 valence electrons. The van der Waals surface area contributed by atoms with Gasteiger partial charge in [0.2, 0.25) is 18.2 Å². The molecule has 0 fully saturated rings. The molecule has 0 aliphatic carbocycles. The summed E-state index contributed by atoms with van der Waals surface area (Å²) < 4.78 is 111. The predicted octanol–water partition coefficient (Wildman–Crippen LogP) is 3.13. The standard InChI is InChI=1S/C13H12NO.C2F6NO4S2/c1-12(13-8-4-2-5-9-13)15-14-10-6-3-7-11-14;3-1(4,5)14(10,11)9-15(12,13)2(6,7)8/h2-11H,1H2;/q+1;-1. The molecule has 0 aliphatic rings. The third-order valence-corrected chi connectivity index (χ3v) is 5.52. The van der Waals surface area contributed by atoms with Crippen LogP contribution in [0.5, 0.6) is 0 Å². The first-order chi connectivity index (χ1) is 13.6. The van der Waals surface area contributed by atoms with Gasteiger partial charge in [0.25, 0.3) is 0 Å². The third-order valence-electron chi connectivity index (χ3n) is 2.78. The molecule has 0 amide bonds. The lowest BCUT2D eigenvalue weighted by Gasteiger charge is -2.22. The van der Waals surface area contributed by atoms with E-state index in [-0.39, 0.29) is 0 Å². The molecule has 1 aromatic carbocycles. The normalized spacial score (nSPS) is 12.5. The molecular formula is C15H12F6N2O5S2. The monoisotopic (exact) mass is 478 g/mol. The van der Waals surface area contributed by atoms with Gasteiger partial charge >= 0.3 is 11.0 Å². The van der Waals surface area contributed by atoms with E-state index in [1.54, 1.807) is 4.73 Å². The number of halogens is 6. The molecule has 30 heavy (non-hydrogen) atoms. The summed E-state index contributed by atoms with van der Waals surface area (Å²) >= 11 is 0. The molecule has 0 N–H and O–H groups in total. The fourth-order valence-electron chi connectivity index (χ4n) is 1.46. The van der Waals surface area contributed by atoms with Gasteiger partial charge in [0.05, 0.1) is 0 Å². The minimum Gasteiger partial charge on any atom is -0.421 e. The number of nitrogens with zero attached hydrogens (tertiary/aromatic N) is 2. The maximum absolute atomic E-state index is 11.4. The summed E-state index contributed by atoms with van der Waals surface area (Å²) in [5.74, 6) is 0.631. The van der Waals surface area contributed by atoms with Crippen molar-refractivity contribution in [2.24, 2.45) is 0 Å². The van der Waals surface area contributed by atoms with Gasteiger partial charge in [0, 0.05) is 22.4 Å². The topological polar surface area (TPSA) is 95.5 Å². The van der Waals surface area contributed by atoms with Crippen LogP contribution < -0.4 is 9.57 Å². The van der Waals surface area contributed by atoms with Gasteiger partial charge in [0.15, 0.2) is 20.0 Å². The van der Waals surface area contributed by atoms with E-state index in [1.807, 2.05) is 60.9 Å². The number of pyridine rings is 1. The largest absolute Gasteiger partial charge is 0.480 e. The lowest BCUT2D eigenvalue weighted by molar-refractivity contribution is -0.871. The van der Waals surface area contributed by atoms with Crippen LogP contribution in [0.3, 0.4) is 0 Å². The highest BCUT2D eigenvalue weighted by Crippen LogP contribution is 2.36. The van der Waals surface area contributed by atoms with Crippen molar-refractivity contribution in [1.82, 2.24) is 0 Å². The first-order valence-corrected chi connectivity index (χ1v) is 10.2. The van der Waals surface area contributed by atoms with Crippen LogP contribution in [-0.2, 0) is 20.0 Å². The second-order valence-corrected chi connectivity index (χ2v) is 8.45. The summed E-state index contributed by atoms with van der Waals surface area (Å²) in [5, 5.41) is 0. The zero-order valence-electron chi connectivity index (χ0n) is 14.5. The SMILES string of the molecule is C=C(O[n+]1ccccc1)c1ccccc1.O=S(=O)([N-]S(=O)(=O)C(F)(F)F)C(F)(F)F. The Labute approximate surface area is 167 Å². The van der Waals surface area contributed by atoms with E-state index >= 15 is 0 Å². The first-order valence-electron chi connectivity index (χ1n) is 7.32. The molecule has 0 spiro atoms. The van der Waals surface area contributed by atoms with E-state index < -0.39 is 31.1 Å². The van der Waals surface area contributed by atoms with Gasteiger partial charge in [-0.25, -0.2) is 21.7 Å². The summed E-state index contributed by atoms with van der Waals surface area (Å²) in [6.45, 7) is 3.88. The molecule has 1 aromatic heterocycles. The van der Waals surface area contributed by atoms with Crippen molar-refractivity contribution in [1.29, 1.82) is 0 Å². The van der Waals surface area contributed by atoms with E-state index in [0.717, 1.165) is 9.69 Å². The number of rotatable bonds is 5. The van der Waals surface area contributed by atoms with Crippen LogP contribution in [0.1, 0.15) is 5.56 Å². The quantitative estimate of drug-likeness (QED) is 0.374. The predicted molar refractivity (Wildman–Crippen MR) is 92.0 cm³/mol. The summed E-state index contributed by atoms with van der Waals surface area (Å²) in [4.78, 5) is 5.52. The minimum atomic E-state index is -6.72. The van der Waals surface area contributed by atoms with Crippen LogP contribution in [0, 0.1) is 0 Å². The Hall–Kier alpha value is -2.65. The van der Waals surface area contributed by atoms with E-state index in [9.17, 15) is 43.2 Å². The van der Waals surface area contributed by atoms with Gasteiger partial charge in [-0.3, -0.25) is 0 Å². The highest BCUT2D eigenvalue weighted by molar-refractivity contribution is 8.13. The second-order valence-electron chi connectivity index (χ2n) is 5.03. The average molecular weight is 478 g/mol. The number of sulfonamides is 2. The molecule has 1 heterocycles. The van der Waals surface area contributed by atoms with Crippen molar-refractivity contribution in [3.05, 3.63) is 77.2 Å². The highest BCUT2D eigenvalue weighted by atomic mass is 32.3. The fourth-order valence-corrected chi connectivity index (χ4v) is 3.17. The molecule has 7 nitrogen and oxygen atoms in total. The Balaban J connectivity index is 0.000000300. The molecule has 15 heteroatoms. The first kappa shape index (κ1) is 25.4. The summed E-state index contributed by atoms with van der Waals surface area (Å²) in [6, 6.07) is 15.5. The van der Waals surface area contributed by atoms with E-state index in [1.165, 1.54) is 0 Å². The lowest BCUT2D eigenvalue weighted by atomic mass is 10.2. The Kier molecular flexibility index (Phi) is 7.99. The average Bonchev–Trinajstić information content (AvgIpc) is 2.61. The van der Waals surface area contributed by atoms with E-state index in [2.05, 4.69) is 6.58 Å². The third kappa shape index (κ3) is 7.31. The van der Waals surface area contributed by atoms with Gasteiger partial charge in [-0.05, 0) is 6.58 Å². The molecule has 0 atom stereocenters. The van der Waals surface area contributed by atoms with Crippen molar-refractivity contribution < 1.29 is 52.7 Å². The zero-order chi connectivity index (χ0) is 23.2. The molecule has 0 bridgehead atoms. The van der Waals surface area contributed by atoms with Gasteiger partial charge < -0.3 is 4.13 Å². The maximum atomic E-state index is 11.4. The number of hydrogen-bond donors (Lipinski definition) is 0. The van der Waals surface area contributed by atoms with Crippen molar-refractivity contribution in [2.75, 3.05) is 0 Å². The highest BCUT2D eigenvalue weighted by Gasteiger charge is 2.46. The summed E-state index contributed by atoms with van der Waals surface area (Å²) in [7, 11) is -13.4. The molecular weight excluding hydrogens is 466 g/mol. The summed E-state index contributed by atoms with van der Waals surface area (Å²) in [5.41, 5.74) is -11.4. The summed E-state index contributed by atoms with van der Waals surface area (Å²) in [6.07, 6.45) is 3.66. The number of alkyl halides is 6. The Morgan fingerprint density at radius 2 is 1.20 bits per heavy atom. The van der Waals surface area contributed by atoms with Crippen LogP contribution in [0.15, 0.2) is 67.5 Å². The van der Waals surface area contributed by atoms with Crippen LogP contribution in [0.4, 0.5) is 26.3 Å². The van der Waals surface area contributed by atoms with Crippen molar-refractivity contribution in [3.63, 3.8) is 0 Å². The fraction of sp³-hybridized carbons (Fsp3) is 0.133. The van der Waals surface area contributed by atoms with Crippen LogP contribution in [0.25, 0.3) is 9.89 Å². The lowest BCUT2D eigenvalue weighted by Crippen LogP contribution is -2.40. The number of hydrogen-bond acceptors (Lipinski definition) is 5. The van der Waals surface area contributed by atoms with Gasteiger partial charge in [-0.2, -0.15) is 26.3 Å². The van der Waals surface area contributed by atoms with Crippen molar-refractivity contribution >= 4 is 25.8 Å². The second kappa shape index (κ2) is 9.44. The number of benzene rings is 1. The molecule has 0 saturated carbocycles. The molecule has 0 saturated heterocycles. The number of aromatic nitrogens is 1. The molecule has 2 aromatic rings. The maximum Gasteiger partial charge on any atom is 0.480 e. The Morgan fingerprint density at radius 1 is 0.800 bits per heavy atom. The minimum absolute atomic E-state index is 0.631. The Bertz CT molecular complexity index is 1010. The van der Waals surface area contributed by atoms with Gasteiger partial charge in [0.1, 0.15) is 0 Å². The van der Waals surface area contributed by atoms with Crippen LogP contribution in [-0.4, -0.2) is 27.9 Å². The van der Waals surface area contributed by atoms with Crippen molar-refractivity contribution in [2.45, 2.75) is 11.0 Å². The molecule has 0 radical (unpaired) electrons.